The van der Waals surface area contributed by atoms with Crippen molar-refractivity contribution in [1.29, 1.82) is 0 Å². The van der Waals surface area contributed by atoms with Gasteiger partial charge in [-0.05, 0) is 37.2 Å². The van der Waals surface area contributed by atoms with Crippen LogP contribution >= 0.6 is 0 Å². The minimum absolute atomic E-state index is 0.0467. The summed E-state index contributed by atoms with van der Waals surface area (Å²) in [5, 5.41) is 12.1. The van der Waals surface area contributed by atoms with Crippen LogP contribution in [0.5, 0.6) is 0 Å². The van der Waals surface area contributed by atoms with Crippen molar-refractivity contribution in [2.75, 3.05) is 13.7 Å². The minimum atomic E-state index is -0.278. The van der Waals surface area contributed by atoms with Crippen LogP contribution in [0.4, 0.5) is 0 Å². The van der Waals surface area contributed by atoms with Crippen LogP contribution in [0.25, 0.3) is 0 Å². The van der Waals surface area contributed by atoms with E-state index in [2.05, 4.69) is 19.2 Å². The third-order valence-electron chi connectivity index (χ3n) is 5.83. The van der Waals surface area contributed by atoms with Gasteiger partial charge in [0, 0.05) is 18.5 Å². The smallest absolute Gasteiger partial charge is 0.111 e. The van der Waals surface area contributed by atoms with Gasteiger partial charge in [-0.25, -0.2) is 0 Å². The van der Waals surface area contributed by atoms with Gasteiger partial charge in [0.05, 0.1) is 30.9 Å². The molecule has 5 atom stereocenters. The van der Waals surface area contributed by atoms with Crippen molar-refractivity contribution >= 4 is 0 Å². The van der Waals surface area contributed by atoms with Crippen molar-refractivity contribution in [3.8, 4) is 0 Å². The van der Waals surface area contributed by atoms with Gasteiger partial charge < -0.3 is 9.84 Å². The average Bonchev–Trinajstić information content (AvgIpc) is 2.67. The summed E-state index contributed by atoms with van der Waals surface area (Å²) < 4.78 is 6.33. The molecule has 4 rings (SSSR count). The van der Waals surface area contributed by atoms with Gasteiger partial charge in [-0.15, -0.1) is 0 Å². The Morgan fingerprint density at radius 3 is 3.10 bits per heavy atom. The molecule has 0 bridgehead atoms. The Morgan fingerprint density at radius 2 is 2.29 bits per heavy atom. The highest BCUT2D eigenvalue weighted by molar-refractivity contribution is 5.38. The summed E-state index contributed by atoms with van der Waals surface area (Å²) in [7, 11) is 1.72. The number of hydrogen-bond donors (Lipinski definition) is 1. The predicted octanol–water partition coefficient (Wildman–Crippen LogP) is 2.61. The molecule has 116 valence electrons. The topological polar surface area (TPSA) is 41.9 Å². The van der Waals surface area contributed by atoms with Gasteiger partial charge in [-0.1, -0.05) is 13.0 Å². The first kappa shape index (κ1) is 13.6. The number of aliphatic hydroxyl groups excluding tert-OH is 1. The fourth-order valence-electron chi connectivity index (χ4n) is 5.02. The second-order valence-electron chi connectivity index (χ2n) is 7.26. The number of ether oxygens (including phenoxy) is 1. The van der Waals surface area contributed by atoms with Crippen molar-refractivity contribution in [3.63, 3.8) is 0 Å². The molecule has 0 aromatic heterocycles. The summed E-state index contributed by atoms with van der Waals surface area (Å²) in [6, 6.07) is 0. The zero-order valence-corrected chi connectivity index (χ0v) is 12.9. The van der Waals surface area contributed by atoms with Gasteiger partial charge in [0.1, 0.15) is 6.10 Å². The van der Waals surface area contributed by atoms with Crippen LogP contribution in [0.2, 0.25) is 0 Å². The highest BCUT2D eigenvalue weighted by Gasteiger charge is 2.55. The molecule has 5 unspecified atom stereocenters. The second kappa shape index (κ2) is 4.75. The summed E-state index contributed by atoms with van der Waals surface area (Å²) in [5.41, 5.74) is 1.52. The van der Waals surface area contributed by atoms with Crippen molar-refractivity contribution in [3.05, 3.63) is 23.6 Å². The molecule has 0 amide bonds. The second-order valence-corrected chi connectivity index (χ2v) is 7.26. The average molecular weight is 291 g/mol. The van der Waals surface area contributed by atoms with Crippen molar-refractivity contribution in [2.45, 2.75) is 51.2 Å². The molecule has 0 aromatic carbocycles. The summed E-state index contributed by atoms with van der Waals surface area (Å²) in [5.74, 6) is 2.15. The van der Waals surface area contributed by atoms with E-state index in [0.717, 1.165) is 37.5 Å². The quantitative estimate of drug-likeness (QED) is 0.806. The lowest BCUT2D eigenvalue weighted by molar-refractivity contribution is -0.0967. The first-order chi connectivity index (χ1) is 10.1. The Morgan fingerprint density at radius 1 is 1.43 bits per heavy atom. The van der Waals surface area contributed by atoms with E-state index in [0.29, 0.717) is 12.3 Å². The van der Waals surface area contributed by atoms with Crippen molar-refractivity contribution in [2.24, 2.45) is 17.3 Å². The van der Waals surface area contributed by atoms with E-state index < -0.39 is 0 Å². The first-order valence-electron chi connectivity index (χ1n) is 8.20. The minimum Gasteiger partial charge on any atom is -0.493 e. The maximum absolute atomic E-state index is 10.2. The molecular formula is C17H25NO3. The third kappa shape index (κ3) is 1.95. The van der Waals surface area contributed by atoms with Crippen LogP contribution in [0, 0.1) is 17.3 Å². The van der Waals surface area contributed by atoms with E-state index in [-0.39, 0.29) is 17.6 Å². The Hall–Kier alpha value is -1.00. The Labute approximate surface area is 126 Å². The highest BCUT2D eigenvalue weighted by atomic mass is 16.7. The zero-order chi connectivity index (χ0) is 14.6. The molecule has 1 N–H and O–H groups in total. The molecule has 4 aliphatic rings. The summed E-state index contributed by atoms with van der Waals surface area (Å²) >= 11 is 0. The summed E-state index contributed by atoms with van der Waals surface area (Å²) in [4.78, 5) is 5.47. The SMILES string of the molecule is CON1C=CC23CC(C)CCC2OC2=C3C(CC(O)C2)C1. The molecule has 4 heteroatoms. The van der Waals surface area contributed by atoms with Crippen LogP contribution in [0.15, 0.2) is 23.6 Å². The first-order valence-corrected chi connectivity index (χ1v) is 8.20. The molecule has 0 aromatic rings. The number of hydrogen-bond acceptors (Lipinski definition) is 4. The number of hydroxylamine groups is 2. The van der Waals surface area contributed by atoms with Crippen LogP contribution in [-0.4, -0.2) is 36.0 Å². The fraction of sp³-hybridized carbons (Fsp3) is 0.765. The van der Waals surface area contributed by atoms with Crippen LogP contribution in [0.1, 0.15) is 39.0 Å². The van der Waals surface area contributed by atoms with E-state index in [9.17, 15) is 5.11 Å². The lowest BCUT2D eigenvalue weighted by atomic mass is 9.61. The van der Waals surface area contributed by atoms with Gasteiger partial charge in [0.25, 0.3) is 0 Å². The van der Waals surface area contributed by atoms with E-state index >= 15 is 0 Å². The molecule has 2 aliphatic carbocycles. The van der Waals surface area contributed by atoms with E-state index in [4.69, 9.17) is 9.57 Å². The molecule has 4 nitrogen and oxygen atoms in total. The number of aliphatic hydroxyl groups is 1. The molecule has 0 saturated heterocycles. The van der Waals surface area contributed by atoms with E-state index in [1.54, 1.807) is 7.11 Å². The van der Waals surface area contributed by atoms with Crippen LogP contribution in [0.3, 0.4) is 0 Å². The standard InChI is InChI=1S/C17H25NO3/c1-11-3-4-15-17(9-11)5-6-18(20-2)10-12-7-13(19)8-14(21-15)16(12)17/h5-6,11-13,15,19H,3-4,7-10H2,1-2H3. The molecule has 1 spiro atoms. The van der Waals surface area contributed by atoms with Gasteiger partial charge in [0.15, 0.2) is 0 Å². The molecule has 2 aliphatic heterocycles. The molecule has 21 heavy (non-hydrogen) atoms. The monoisotopic (exact) mass is 291 g/mol. The maximum Gasteiger partial charge on any atom is 0.111 e. The van der Waals surface area contributed by atoms with Gasteiger partial charge in [-0.3, -0.25) is 9.90 Å². The molecular weight excluding hydrogens is 266 g/mol. The molecule has 1 fully saturated rings. The Kier molecular flexibility index (Phi) is 3.09. The zero-order valence-electron chi connectivity index (χ0n) is 12.9. The highest BCUT2D eigenvalue weighted by Crippen LogP contribution is 2.59. The third-order valence-corrected chi connectivity index (χ3v) is 5.83. The lowest BCUT2D eigenvalue weighted by Crippen LogP contribution is -2.40. The van der Waals surface area contributed by atoms with Crippen molar-refractivity contribution < 1.29 is 14.7 Å². The normalized spacial score (nSPS) is 45.0. The van der Waals surface area contributed by atoms with E-state index in [1.165, 1.54) is 12.0 Å². The molecule has 1 saturated carbocycles. The maximum atomic E-state index is 10.2. The summed E-state index contributed by atoms with van der Waals surface area (Å²) in [6.45, 7) is 3.16. The number of nitrogens with zero attached hydrogens (tertiary/aromatic N) is 1. The summed E-state index contributed by atoms with van der Waals surface area (Å²) in [6.07, 6.45) is 9.45. The van der Waals surface area contributed by atoms with Gasteiger partial charge >= 0.3 is 0 Å². The van der Waals surface area contributed by atoms with Crippen LogP contribution in [-0.2, 0) is 9.57 Å². The van der Waals surface area contributed by atoms with Crippen molar-refractivity contribution in [1.82, 2.24) is 5.06 Å². The molecule has 2 heterocycles. The van der Waals surface area contributed by atoms with Gasteiger partial charge in [-0.2, -0.15) is 0 Å². The predicted molar refractivity (Wildman–Crippen MR) is 78.9 cm³/mol. The van der Waals surface area contributed by atoms with Crippen LogP contribution < -0.4 is 0 Å². The lowest BCUT2D eigenvalue weighted by Gasteiger charge is -2.41. The number of rotatable bonds is 1. The Bertz CT molecular complexity index is 500. The Balaban J connectivity index is 1.81. The van der Waals surface area contributed by atoms with E-state index in [1.807, 2.05) is 5.06 Å². The molecule has 0 radical (unpaired) electrons. The largest absolute Gasteiger partial charge is 0.493 e. The van der Waals surface area contributed by atoms with Gasteiger partial charge in [0.2, 0.25) is 0 Å². The fourth-order valence-corrected chi connectivity index (χ4v) is 5.02.